The van der Waals surface area contributed by atoms with Crippen molar-refractivity contribution < 1.29 is 27.5 Å². The molecule has 0 saturated heterocycles. The van der Waals surface area contributed by atoms with E-state index in [1.807, 2.05) is 25.1 Å². The Labute approximate surface area is 160 Å². The first kappa shape index (κ1) is 19.9. The molecule has 1 atom stereocenters. The summed E-state index contributed by atoms with van der Waals surface area (Å²) in [5, 5.41) is 2.33. The van der Waals surface area contributed by atoms with Crippen LogP contribution in [0.1, 0.15) is 41.9 Å². The minimum Gasteiger partial charge on any atom is -0.486 e. The van der Waals surface area contributed by atoms with Gasteiger partial charge in [-0.25, -0.2) is 0 Å². The maximum atomic E-state index is 13.0. The zero-order valence-electron chi connectivity index (χ0n) is 15.3. The molecule has 3 rings (SSSR count). The van der Waals surface area contributed by atoms with Crippen LogP contribution in [0.25, 0.3) is 0 Å². The molecule has 0 aliphatic carbocycles. The van der Waals surface area contributed by atoms with Crippen molar-refractivity contribution in [2.24, 2.45) is 0 Å². The molecule has 0 saturated carbocycles. The van der Waals surface area contributed by atoms with Crippen molar-refractivity contribution in [3.05, 3.63) is 59.2 Å². The summed E-state index contributed by atoms with van der Waals surface area (Å²) >= 11 is 0. The molecule has 1 unspecified atom stereocenters. The number of benzene rings is 2. The fourth-order valence-corrected chi connectivity index (χ4v) is 3.33. The van der Waals surface area contributed by atoms with Gasteiger partial charge in [0.05, 0.1) is 11.3 Å². The monoisotopic (exact) mass is 391 g/mol. The molecule has 0 fully saturated rings. The molecular formula is C21H20F3NO3. The number of carbonyl (C=O) groups excluding carboxylic acids is 2. The molecule has 148 valence electrons. The van der Waals surface area contributed by atoms with Gasteiger partial charge in [0.1, 0.15) is 12.4 Å². The number of hydrogen-bond acceptors (Lipinski definition) is 3. The van der Waals surface area contributed by atoms with E-state index in [0.29, 0.717) is 18.6 Å². The Kier molecular flexibility index (Phi) is 5.72. The Bertz CT molecular complexity index is 893. The number of nitrogens with one attached hydrogen (secondary N) is 1. The number of alkyl halides is 3. The summed E-state index contributed by atoms with van der Waals surface area (Å²) in [6, 6.07) is 10.5. The average Bonchev–Trinajstić information content (AvgIpc) is 2.63. The van der Waals surface area contributed by atoms with E-state index in [4.69, 9.17) is 4.74 Å². The van der Waals surface area contributed by atoms with E-state index in [0.717, 1.165) is 17.2 Å². The molecule has 7 heteroatoms. The number of fused-ring (bicyclic) bond motifs is 1. The first-order valence-electron chi connectivity index (χ1n) is 8.98. The van der Waals surface area contributed by atoms with Gasteiger partial charge < -0.3 is 10.1 Å². The number of para-hydroxylation sites is 1. The van der Waals surface area contributed by atoms with Crippen LogP contribution in [0.4, 0.5) is 18.9 Å². The lowest BCUT2D eigenvalue weighted by atomic mass is 9.87. The molecule has 1 N–H and O–H groups in total. The van der Waals surface area contributed by atoms with Gasteiger partial charge in [-0.3, -0.25) is 9.59 Å². The van der Waals surface area contributed by atoms with Crippen molar-refractivity contribution >= 4 is 17.4 Å². The van der Waals surface area contributed by atoms with Crippen LogP contribution in [0.15, 0.2) is 42.5 Å². The number of rotatable bonds is 5. The third-order valence-corrected chi connectivity index (χ3v) is 4.70. The SMILES string of the molecule is Cc1ccc2c(c1)C(CCCC(=O)Nc1ccccc1C(F)(F)F)C(=O)CO2. The van der Waals surface area contributed by atoms with Crippen molar-refractivity contribution in [2.75, 3.05) is 11.9 Å². The van der Waals surface area contributed by atoms with Gasteiger partial charge in [0.25, 0.3) is 0 Å². The number of anilines is 1. The smallest absolute Gasteiger partial charge is 0.418 e. The predicted molar refractivity (Wildman–Crippen MR) is 98.3 cm³/mol. The topological polar surface area (TPSA) is 55.4 Å². The lowest BCUT2D eigenvalue weighted by molar-refractivity contribution is -0.137. The minimum atomic E-state index is -4.54. The van der Waals surface area contributed by atoms with Crippen LogP contribution < -0.4 is 10.1 Å². The number of carbonyl (C=O) groups is 2. The number of ether oxygens (including phenoxy) is 1. The maximum absolute atomic E-state index is 13.0. The third kappa shape index (κ3) is 4.52. The lowest BCUT2D eigenvalue weighted by Gasteiger charge is -2.25. The minimum absolute atomic E-state index is 0.00805. The Morgan fingerprint density at radius 2 is 1.96 bits per heavy atom. The molecule has 1 aliphatic heterocycles. The van der Waals surface area contributed by atoms with E-state index in [2.05, 4.69) is 5.32 Å². The second kappa shape index (κ2) is 8.04. The van der Waals surface area contributed by atoms with Gasteiger partial charge in [0, 0.05) is 17.9 Å². The highest BCUT2D eigenvalue weighted by Gasteiger charge is 2.33. The molecule has 2 aromatic rings. The highest BCUT2D eigenvalue weighted by molar-refractivity contribution is 5.92. The molecule has 0 spiro atoms. The van der Waals surface area contributed by atoms with Crippen LogP contribution in [0.5, 0.6) is 5.75 Å². The zero-order chi connectivity index (χ0) is 20.3. The second-order valence-corrected chi connectivity index (χ2v) is 6.83. The number of halogens is 3. The molecule has 0 bridgehead atoms. The second-order valence-electron chi connectivity index (χ2n) is 6.83. The molecule has 1 heterocycles. The summed E-state index contributed by atoms with van der Waals surface area (Å²) in [4.78, 5) is 24.4. The van der Waals surface area contributed by atoms with Gasteiger partial charge >= 0.3 is 6.18 Å². The largest absolute Gasteiger partial charge is 0.486 e. The number of Topliss-reactive ketones (excluding diaryl/α,β-unsaturated/α-hetero) is 1. The van der Waals surface area contributed by atoms with Crippen molar-refractivity contribution in [1.29, 1.82) is 0 Å². The van der Waals surface area contributed by atoms with E-state index < -0.39 is 17.6 Å². The molecule has 2 aromatic carbocycles. The van der Waals surface area contributed by atoms with E-state index >= 15 is 0 Å². The van der Waals surface area contributed by atoms with Gasteiger partial charge in [-0.2, -0.15) is 13.2 Å². The fourth-order valence-electron chi connectivity index (χ4n) is 3.33. The fraction of sp³-hybridized carbons (Fsp3) is 0.333. The Morgan fingerprint density at radius 1 is 1.21 bits per heavy atom. The maximum Gasteiger partial charge on any atom is 0.418 e. The van der Waals surface area contributed by atoms with Crippen LogP contribution >= 0.6 is 0 Å². The van der Waals surface area contributed by atoms with E-state index in [1.54, 1.807) is 0 Å². The summed E-state index contributed by atoms with van der Waals surface area (Å²) in [7, 11) is 0. The first-order chi connectivity index (χ1) is 13.3. The van der Waals surface area contributed by atoms with Crippen LogP contribution in [-0.2, 0) is 15.8 Å². The molecule has 28 heavy (non-hydrogen) atoms. The average molecular weight is 391 g/mol. The number of ketones is 1. The van der Waals surface area contributed by atoms with Crippen molar-refractivity contribution in [1.82, 2.24) is 0 Å². The van der Waals surface area contributed by atoms with Gasteiger partial charge in [0.2, 0.25) is 5.91 Å². The third-order valence-electron chi connectivity index (χ3n) is 4.70. The summed E-state index contributed by atoms with van der Waals surface area (Å²) in [6.45, 7) is 1.91. The number of hydrogen-bond donors (Lipinski definition) is 1. The molecule has 1 amide bonds. The predicted octanol–water partition coefficient (Wildman–Crippen LogP) is 4.87. The van der Waals surface area contributed by atoms with Crippen LogP contribution in [0.2, 0.25) is 0 Å². The standard InChI is InChI=1S/C21H20F3NO3/c1-13-9-10-19-15(11-13)14(18(26)12-28-19)5-4-8-20(27)25-17-7-3-2-6-16(17)21(22,23)24/h2-3,6-7,9-11,14H,4-5,8,12H2,1H3,(H,25,27). The van der Waals surface area contributed by atoms with Crippen molar-refractivity contribution in [3.63, 3.8) is 0 Å². The van der Waals surface area contributed by atoms with Crippen LogP contribution in [-0.4, -0.2) is 18.3 Å². The molecular weight excluding hydrogens is 371 g/mol. The molecule has 1 aliphatic rings. The Balaban J connectivity index is 1.61. The van der Waals surface area contributed by atoms with E-state index in [1.165, 1.54) is 18.2 Å². The Hall–Kier alpha value is -2.83. The van der Waals surface area contributed by atoms with E-state index in [-0.39, 0.29) is 30.4 Å². The molecule has 0 radical (unpaired) electrons. The summed E-state index contributed by atoms with van der Waals surface area (Å²) in [5.74, 6) is -0.265. The quantitative estimate of drug-likeness (QED) is 0.791. The molecule has 4 nitrogen and oxygen atoms in total. The number of amides is 1. The van der Waals surface area contributed by atoms with Crippen molar-refractivity contribution in [2.45, 2.75) is 38.3 Å². The van der Waals surface area contributed by atoms with Gasteiger partial charge in [0.15, 0.2) is 5.78 Å². The highest BCUT2D eigenvalue weighted by Crippen LogP contribution is 2.36. The van der Waals surface area contributed by atoms with E-state index in [9.17, 15) is 22.8 Å². The number of aryl methyl sites for hydroxylation is 1. The zero-order valence-corrected chi connectivity index (χ0v) is 15.3. The highest BCUT2D eigenvalue weighted by atomic mass is 19.4. The summed E-state index contributed by atoms with van der Waals surface area (Å²) in [6.07, 6.45) is -3.70. The van der Waals surface area contributed by atoms with Gasteiger partial charge in [-0.05, 0) is 38.0 Å². The normalized spacial score (nSPS) is 16.3. The first-order valence-corrected chi connectivity index (χ1v) is 8.98. The summed E-state index contributed by atoms with van der Waals surface area (Å²) in [5.41, 5.74) is 0.665. The van der Waals surface area contributed by atoms with Gasteiger partial charge in [-0.15, -0.1) is 0 Å². The van der Waals surface area contributed by atoms with Gasteiger partial charge in [-0.1, -0.05) is 29.8 Å². The Morgan fingerprint density at radius 3 is 2.71 bits per heavy atom. The lowest BCUT2D eigenvalue weighted by Crippen LogP contribution is -2.26. The van der Waals surface area contributed by atoms with Crippen LogP contribution in [0, 0.1) is 6.92 Å². The summed E-state index contributed by atoms with van der Waals surface area (Å²) < 4.78 is 44.5. The molecule has 0 aromatic heterocycles. The van der Waals surface area contributed by atoms with Crippen molar-refractivity contribution in [3.8, 4) is 5.75 Å². The van der Waals surface area contributed by atoms with Crippen LogP contribution in [0.3, 0.4) is 0 Å².